The quantitative estimate of drug-likeness (QED) is 0.766. The average molecular weight is 382 g/mol. The Morgan fingerprint density at radius 3 is 2.11 bits per heavy atom. The summed E-state index contributed by atoms with van der Waals surface area (Å²) in [5.41, 5.74) is 1.73. The van der Waals surface area contributed by atoms with E-state index in [1.807, 2.05) is 35.2 Å². The Kier molecular flexibility index (Phi) is 6.80. The summed E-state index contributed by atoms with van der Waals surface area (Å²) in [5, 5.41) is 0. The molecule has 0 aromatic heterocycles. The third kappa shape index (κ3) is 5.18. The highest BCUT2D eigenvalue weighted by Crippen LogP contribution is 2.20. The molecule has 0 radical (unpaired) electrons. The summed E-state index contributed by atoms with van der Waals surface area (Å²) in [5.74, 6) is 0.0650. The van der Waals surface area contributed by atoms with Crippen molar-refractivity contribution >= 4 is 11.8 Å². The highest BCUT2D eigenvalue weighted by Gasteiger charge is 2.25. The minimum atomic E-state index is -0.266. The van der Waals surface area contributed by atoms with Gasteiger partial charge in [0, 0.05) is 39.0 Å². The van der Waals surface area contributed by atoms with Gasteiger partial charge in [-0.1, -0.05) is 55.5 Å². The van der Waals surface area contributed by atoms with Gasteiger partial charge in [0.2, 0.25) is 11.8 Å². The van der Waals surface area contributed by atoms with Gasteiger partial charge in [-0.15, -0.1) is 0 Å². The molecule has 0 bridgehead atoms. The summed E-state index contributed by atoms with van der Waals surface area (Å²) >= 11 is 0. The maximum absolute atomic E-state index is 13.7. The van der Waals surface area contributed by atoms with Gasteiger partial charge in [-0.2, -0.15) is 0 Å². The van der Waals surface area contributed by atoms with Crippen molar-refractivity contribution in [1.82, 2.24) is 9.80 Å². The summed E-state index contributed by atoms with van der Waals surface area (Å²) < 4.78 is 13.7. The Balaban J connectivity index is 1.44. The van der Waals surface area contributed by atoms with Crippen molar-refractivity contribution in [3.05, 3.63) is 71.5 Å². The van der Waals surface area contributed by atoms with Gasteiger partial charge in [0.05, 0.1) is 0 Å². The lowest BCUT2D eigenvalue weighted by Crippen LogP contribution is -2.50. The molecule has 0 aliphatic carbocycles. The van der Waals surface area contributed by atoms with E-state index in [4.69, 9.17) is 0 Å². The zero-order valence-electron chi connectivity index (χ0n) is 16.3. The molecule has 1 atom stereocenters. The van der Waals surface area contributed by atoms with Gasteiger partial charge < -0.3 is 9.80 Å². The monoisotopic (exact) mass is 382 g/mol. The highest BCUT2D eigenvalue weighted by molar-refractivity contribution is 5.79. The Hall–Kier alpha value is -2.69. The standard InChI is InChI=1S/C23H27FN2O2/c1-18(19-7-3-2-4-8-19)17-23(28)26-15-13-25(14-16-26)22(27)12-11-20-9-5-6-10-21(20)24/h2-10,18H,11-17H2,1H3. The molecule has 0 saturated carbocycles. The average Bonchev–Trinajstić information content (AvgIpc) is 2.73. The first-order chi connectivity index (χ1) is 13.5. The van der Waals surface area contributed by atoms with E-state index in [9.17, 15) is 14.0 Å². The van der Waals surface area contributed by atoms with Crippen LogP contribution in [-0.4, -0.2) is 47.8 Å². The fraction of sp³-hybridized carbons (Fsp3) is 0.391. The van der Waals surface area contributed by atoms with Crippen molar-refractivity contribution in [2.75, 3.05) is 26.2 Å². The van der Waals surface area contributed by atoms with E-state index in [1.165, 1.54) is 6.07 Å². The number of hydrogen-bond donors (Lipinski definition) is 0. The second-order valence-electron chi connectivity index (χ2n) is 7.37. The molecule has 2 aromatic rings. The Labute approximate surface area is 166 Å². The zero-order valence-corrected chi connectivity index (χ0v) is 16.3. The molecule has 1 aliphatic heterocycles. The predicted molar refractivity (Wildman–Crippen MR) is 107 cm³/mol. The van der Waals surface area contributed by atoms with Crippen molar-refractivity contribution in [1.29, 1.82) is 0 Å². The number of hydrogen-bond acceptors (Lipinski definition) is 2. The summed E-state index contributed by atoms with van der Waals surface area (Å²) in [4.78, 5) is 28.6. The third-order valence-electron chi connectivity index (χ3n) is 5.40. The number of carbonyl (C=O) groups excluding carboxylic acids is 2. The lowest BCUT2D eigenvalue weighted by molar-refractivity contribution is -0.139. The molecule has 1 aliphatic rings. The molecular weight excluding hydrogens is 355 g/mol. The SMILES string of the molecule is CC(CC(=O)N1CCN(C(=O)CCc2ccccc2F)CC1)c1ccccc1. The normalized spacial score (nSPS) is 15.4. The molecule has 148 valence electrons. The van der Waals surface area contributed by atoms with Crippen LogP contribution < -0.4 is 0 Å². The molecule has 2 aromatic carbocycles. The first kappa shape index (κ1) is 20.1. The highest BCUT2D eigenvalue weighted by atomic mass is 19.1. The van der Waals surface area contributed by atoms with Crippen LogP contribution in [0, 0.1) is 5.82 Å². The number of aryl methyl sites for hydroxylation is 1. The van der Waals surface area contributed by atoms with Crippen LogP contribution in [0.25, 0.3) is 0 Å². The smallest absolute Gasteiger partial charge is 0.223 e. The molecule has 4 nitrogen and oxygen atoms in total. The van der Waals surface area contributed by atoms with E-state index in [2.05, 4.69) is 6.92 Å². The van der Waals surface area contributed by atoms with Gasteiger partial charge in [-0.25, -0.2) is 4.39 Å². The number of piperazine rings is 1. The number of carbonyl (C=O) groups is 2. The fourth-order valence-corrected chi connectivity index (χ4v) is 3.60. The van der Waals surface area contributed by atoms with Crippen LogP contribution in [0.4, 0.5) is 4.39 Å². The van der Waals surface area contributed by atoms with Crippen LogP contribution in [0.15, 0.2) is 54.6 Å². The number of rotatable bonds is 6. The molecule has 0 spiro atoms. The molecule has 1 saturated heterocycles. The molecule has 1 unspecified atom stereocenters. The summed E-state index contributed by atoms with van der Waals surface area (Å²) in [6, 6.07) is 16.6. The van der Waals surface area contributed by atoms with Crippen molar-refractivity contribution in [2.24, 2.45) is 0 Å². The predicted octanol–water partition coefficient (Wildman–Crippen LogP) is 3.62. The summed E-state index contributed by atoms with van der Waals surface area (Å²) in [6.07, 6.45) is 1.17. The molecule has 1 fully saturated rings. The van der Waals surface area contributed by atoms with Crippen molar-refractivity contribution in [2.45, 2.75) is 32.1 Å². The zero-order chi connectivity index (χ0) is 19.9. The molecule has 3 rings (SSSR count). The molecule has 28 heavy (non-hydrogen) atoms. The first-order valence-corrected chi connectivity index (χ1v) is 9.88. The second kappa shape index (κ2) is 9.49. The van der Waals surface area contributed by atoms with Crippen LogP contribution in [0.3, 0.4) is 0 Å². The number of halogens is 1. The van der Waals surface area contributed by atoms with E-state index < -0.39 is 0 Å². The number of amides is 2. The minimum Gasteiger partial charge on any atom is -0.339 e. The molecular formula is C23H27FN2O2. The van der Waals surface area contributed by atoms with Gasteiger partial charge in [-0.3, -0.25) is 9.59 Å². The topological polar surface area (TPSA) is 40.6 Å². The van der Waals surface area contributed by atoms with Gasteiger partial charge in [0.15, 0.2) is 0 Å². The summed E-state index contributed by atoms with van der Waals surface area (Å²) in [7, 11) is 0. The van der Waals surface area contributed by atoms with Gasteiger partial charge in [0.1, 0.15) is 5.82 Å². The van der Waals surface area contributed by atoms with E-state index in [0.29, 0.717) is 51.0 Å². The Morgan fingerprint density at radius 1 is 0.893 bits per heavy atom. The van der Waals surface area contributed by atoms with Crippen molar-refractivity contribution < 1.29 is 14.0 Å². The van der Waals surface area contributed by atoms with Crippen LogP contribution in [-0.2, 0) is 16.0 Å². The largest absolute Gasteiger partial charge is 0.339 e. The van der Waals surface area contributed by atoms with Gasteiger partial charge in [0.25, 0.3) is 0 Å². The van der Waals surface area contributed by atoms with E-state index in [1.54, 1.807) is 23.1 Å². The Morgan fingerprint density at radius 2 is 1.46 bits per heavy atom. The maximum atomic E-state index is 13.7. The fourth-order valence-electron chi connectivity index (χ4n) is 3.60. The van der Waals surface area contributed by atoms with Crippen LogP contribution in [0.2, 0.25) is 0 Å². The van der Waals surface area contributed by atoms with Gasteiger partial charge >= 0.3 is 0 Å². The number of nitrogens with zero attached hydrogens (tertiary/aromatic N) is 2. The van der Waals surface area contributed by atoms with Crippen LogP contribution in [0.1, 0.15) is 36.8 Å². The van der Waals surface area contributed by atoms with E-state index >= 15 is 0 Å². The number of benzene rings is 2. The lowest BCUT2D eigenvalue weighted by atomic mass is 9.97. The van der Waals surface area contributed by atoms with Crippen LogP contribution >= 0.6 is 0 Å². The maximum Gasteiger partial charge on any atom is 0.223 e. The minimum absolute atomic E-state index is 0.0213. The van der Waals surface area contributed by atoms with E-state index in [0.717, 1.165) is 5.56 Å². The summed E-state index contributed by atoms with van der Waals surface area (Å²) in [6.45, 7) is 4.27. The first-order valence-electron chi connectivity index (χ1n) is 9.88. The van der Waals surface area contributed by atoms with E-state index in [-0.39, 0.29) is 23.5 Å². The third-order valence-corrected chi connectivity index (χ3v) is 5.40. The Bertz CT molecular complexity index is 801. The van der Waals surface area contributed by atoms with Crippen molar-refractivity contribution in [3.8, 4) is 0 Å². The lowest BCUT2D eigenvalue weighted by Gasteiger charge is -2.35. The molecule has 1 heterocycles. The van der Waals surface area contributed by atoms with Crippen molar-refractivity contribution in [3.63, 3.8) is 0 Å². The van der Waals surface area contributed by atoms with Gasteiger partial charge in [-0.05, 0) is 29.5 Å². The molecule has 5 heteroatoms. The molecule has 0 N–H and O–H groups in total. The second-order valence-corrected chi connectivity index (χ2v) is 7.37. The van der Waals surface area contributed by atoms with Crippen LogP contribution in [0.5, 0.6) is 0 Å². The molecule has 2 amide bonds.